The molecule has 0 saturated carbocycles. The topological polar surface area (TPSA) is 43.8 Å². The highest BCUT2D eigenvalue weighted by molar-refractivity contribution is 5.86. The molecule has 1 aliphatic rings. The van der Waals surface area contributed by atoms with Crippen molar-refractivity contribution in [2.45, 2.75) is 0 Å². The SMILES string of the molecule is CN1CCN(C)c2cc(/C=C\C(=O)O)ccc21. The van der Waals surface area contributed by atoms with Gasteiger partial charge in [-0.1, -0.05) is 6.07 Å². The first-order chi connectivity index (χ1) is 8.08. The third-order valence-corrected chi connectivity index (χ3v) is 3.01. The highest BCUT2D eigenvalue weighted by atomic mass is 16.4. The minimum absolute atomic E-state index is 0.910. The van der Waals surface area contributed by atoms with Gasteiger partial charge in [-0.05, 0) is 23.8 Å². The van der Waals surface area contributed by atoms with Gasteiger partial charge in [0.2, 0.25) is 0 Å². The average Bonchev–Trinajstić information content (AvgIpc) is 2.31. The van der Waals surface area contributed by atoms with Crippen LogP contribution in [0.3, 0.4) is 0 Å². The number of carbonyl (C=O) groups is 1. The van der Waals surface area contributed by atoms with Gasteiger partial charge in [-0.2, -0.15) is 0 Å². The second kappa shape index (κ2) is 4.49. The van der Waals surface area contributed by atoms with Gasteiger partial charge in [-0.3, -0.25) is 0 Å². The number of hydrogen-bond acceptors (Lipinski definition) is 3. The largest absolute Gasteiger partial charge is 0.478 e. The van der Waals surface area contributed by atoms with E-state index < -0.39 is 5.97 Å². The Balaban J connectivity index is 2.35. The van der Waals surface area contributed by atoms with Gasteiger partial charge in [-0.25, -0.2) is 4.79 Å². The summed E-state index contributed by atoms with van der Waals surface area (Å²) < 4.78 is 0. The Hall–Kier alpha value is -1.97. The Bertz CT molecular complexity index is 468. The van der Waals surface area contributed by atoms with Crippen LogP contribution in [0.1, 0.15) is 5.56 Å². The zero-order valence-electron chi connectivity index (χ0n) is 10.1. The third kappa shape index (κ3) is 2.41. The van der Waals surface area contributed by atoms with Crippen LogP contribution in [0.25, 0.3) is 6.08 Å². The van der Waals surface area contributed by atoms with Crippen LogP contribution in [0, 0.1) is 0 Å². The molecule has 0 fully saturated rings. The number of anilines is 2. The van der Waals surface area contributed by atoms with Crippen molar-refractivity contribution in [1.82, 2.24) is 0 Å². The average molecular weight is 232 g/mol. The number of hydrogen-bond donors (Lipinski definition) is 1. The minimum atomic E-state index is -0.923. The van der Waals surface area contributed by atoms with E-state index in [1.54, 1.807) is 6.08 Å². The van der Waals surface area contributed by atoms with Gasteiger partial charge in [0.1, 0.15) is 0 Å². The van der Waals surface area contributed by atoms with Crippen LogP contribution in [0.4, 0.5) is 11.4 Å². The van der Waals surface area contributed by atoms with Crippen molar-refractivity contribution in [3.8, 4) is 0 Å². The molecule has 1 heterocycles. The molecule has 0 aliphatic carbocycles. The first-order valence-electron chi connectivity index (χ1n) is 5.55. The summed E-state index contributed by atoms with van der Waals surface area (Å²) in [5.41, 5.74) is 3.24. The number of fused-ring (bicyclic) bond motifs is 1. The number of carboxylic acid groups (broad SMARTS) is 1. The van der Waals surface area contributed by atoms with Crippen LogP contribution >= 0.6 is 0 Å². The highest BCUT2D eigenvalue weighted by Crippen LogP contribution is 2.32. The van der Waals surface area contributed by atoms with Crippen LogP contribution in [0.5, 0.6) is 0 Å². The molecule has 1 aliphatic heterocycles. The van der Waals surface area contributed by atoms with E-state index in [0.717, 1.165) is 30.4 Å². The molecule has 4 nitrogen and oxygen atoms in total. The summed E-state index contributed by atoms with van der Waals surface area (Å²) in [6.07, 6.45) is 2.78. The fraction of sp³-hybridized carbons (Fsp3) is 0.308. The molecule has 1 aromatic carbocycles. The number of aliphatic carboxylic acids is 1. The quantitative estimate of drug-likeness (QED) is 0.788. The predicted octanol–water partition coefficient (Wildman–Crippen LogP) is 1.67. The third-order valence-electron chi connectivity index (χ3n) is 3.01. The van der Waals surface area contributed by atoms with E-state index in [1.165, 1.54) is 5.69 Å². The van der Waals surface area contributed by atoms with Gasteiger partial charge >= 0.3 is 5.97 Å². The molecular formula is C13H16N2O2. The summed E-state index contributed by atoms with van der Waals surface area (Å²) in [4.78, 5) is 14.9. The van der Waals surface area contributed by atoms with Crippen molar-refractivity contribution in [2.24, 2.45) is 0 Å². The molecule has 0 radical (unpaired) electrons. The summed E-state index contributed by atoms with van der Waals surface area (Å²) in [7, 11) is 4.12. The summed E-state index contributed by atoms with van der Waals surface area (Å²) >= 11 is 0. The number of carboxylic acids is 1. The second-order valence-corrected chi connectivity index (χ2v) is 4.26. The summed E-state index contributed by atoms with van der Waals surface area (Å²) in [5.74, 6) is -0.923. The molecule has 1 N–H and O–H groups in total. The molecule has 0 unspecified atom stereocenters. The molecule has 1 aromatic rings. The Morgan fingerprint density at radius 2 is 1.88 bits per heavy atom. The molecule has 0 saturated heterocycles. The van der Waals surface area contributed by atoms with Crippen LogP contribution in [0.15, 0.2) is 24.3 Å². The normalized spacial score (nSPS) is 15.2. The highest BCUT2D eigenvalue weighted by Gasteiger charge is 2.17. The smallest absolute Gasteiger partial charge is 0.328 e. The number of nitrogens with zero attached hydrogens (tertiary/aromatic N) is 2. The molecule has 0 spiro atoms. The van der Waals surface area contributed by atoms with Gasteiger partial charge in [-0.15, -0.1) is 0 Å². The number of benzene rings is 1. The van der Waals surface area contributed by atoms with Crippen molar-refractivity contribution >= 4 is 23.4 Å². The van der Waals surface area contributed by atoms with E-state index in [2.05, 4.69) is 23.9 Å². The lowest BCUT2D eigenvalue weighted by Crippen LogP contribution is -2.36. The second-order valence-electron chi connectivity index (χ2n) is 4.26. The summed E-state index contributed by atoms with van der Waals surface area (Å²) in [5, 5.41) is 8.60. The molecule has 4 heteroatoms. The Morgan fingerprint density at radius 1 is 1.24 bits per heavy atom. The van der Waals surface area contributed by atoms with Gasteiger partial charge in [0, 0.05) is 33.3 Å². The van der Waals surface area contributed by atoms with Gasteiger partial charge in [0.15, 0.2) is 0 Å². The Morgan fingerprint density at radius 3 is 2.53 bits per heavy atom. The Labute approximate surface area is 101 Å². The number of rotatable bonds is 2. The molecular weight excluding hydrogens is 216 g/mol. The van der Waals surface area contributed by atoms with Crippen LogP contribution < -0.4 is 9.80 Å². The zero-order chi connectivity index (χ0) is 12.4. The van der Waals surface area contributed by atoms with E-state index in [1.807, 2.05) is 18.2 Å². The molecule has 17 heavy (non-hydrogen) atoms. The van der Waals surface area contributed by atoms with Crippen LogP contribution in [-0.2, 0) is 4.79 Å². The standard InChI is InChI=1S/C13H16N2O2/c1-14-7-8-15(2)12-9-10(3-5-11(12)14)4-6-13(16)17/h3-6,9H,7-8H2,1-2H3,(H,16,17)/b6-4-. The zero-order valence-corrected chi connectivity index (χ0v) is 10.1. The molecule has 0 bridgehead atoms. The van der Waals surface area contributed by atoms with E-state index in [4.69, 9.17) is 5.11 Å². The number of likely N-dealkylation sites (N-methyl/N-ethyl adjacent to an activating group) is 2. The molecule has 2 rings (SSSR count). The van der Waals surface area contributed by atoms with Crippen molar-refractivity contribution in [2.75, 3.05) is 37.0 Å². The van der Waals surface area contributed by atoms with Gasteiger partial charge < -0.3 is 14.9 Å². The van der Waals surface area contributed by atoms with Gasteiger partial charge in [0.25, 0.3) is 0 Å². The van der Waals surface area contributed by atoms with Crippen molar-refractivity contribution < 1.29 is 9.90 Å². The first kappa shape index (κ1) is 11.5. The molecule has 0 atom stereocenters. The fourth-order valence-electron chi connectivity index (χ4n) is 1.98. The van der Waals surface area contributed by atoms with Crippen molar-refractivity contribution in [1.29, 1.82) is 0 Å². The minimum Gasteiger partial charge on any atom is -0.478 e. The monoisotopic (exact) mass is 232 g/mol. The summed E-state index contributed by atoms with van der Waals surface area (Å²) in [6.45, 7) is 1.99. The van der Waals surface area contributed by atoms with Crippen molar-refractivity contribution in [3.05, 3.63) is 29.8 Å². The van der Waals surface area contributed by atoms with E-state index in [9.17, 15) is 4.79 Å². The van der Waals surface area contributed by atoms with Crippen LogP contribution in [-0.4, -0.2) is 38.3 Å². The molecule has 0 aromatic heterocycles. The Kier molecular flexibility index (Phi) is 3.04. The predicted molar refractivity (Wildman–Crippen MR) is 69.7 cm³/mol. The lowest BCUT2D eigenvalue weighted by atomic mass is 10.1. The maximum Gasteiger partial charge on any atom is 0.328 e. The van der Waals surface area contributed by atoms with E-state index in [-0.39, 0.29) is 0 Å². The van der Waals surface area contributed by atoms with Crippen molar-refractivity contribution in [3.63, 3.8) is 0 Å². The van der Waals surface area contributed by atoms with Gasteiger partial charge in [0.05, 0.1) is 11.4 Å². The summed E-state index contributed by atoms with van der Waals surface area (Å²) in [6, 6.07) is 5.99. The molecule has 90 valence electrons. The lowest BCUT2D eigenvalue weighted by Gasteiger charge is -2.34. The fourth-order valence-corrected chi connectivity index (χ4v) is 1.98. The molecule has 0 amide bonds. The lowest BCUT2D eigenvalue weighted by molar-refractivity contribution is -0.131. The maximum absolute atomic E-state index is 10.5. The van der Waals surface area contributed by atoms with Crippen LogP contribution in [0.2, 0.25) is 0 Å². The van der Waals surface area contributed by atoms with E-state index in [0.29, 0.717) is 0 Å². The first-order valence-corrected chi connectivity index (χ1v) is 5.55. The van der Waals surface area contributed by atoms with E-state index >= 15 is 0 Å². The maximum atomic E-state index is 10.5.